The lowest BCUT2D eigenvalue weighted by molar-refractivity contribution is -0.131. The normalized spacial score (nSPS) is 14.5. The second-order valence-corrected chi connectivity index (χ2v) is 8.10. The molecule has 174 valence electrons. The van der Waals surface area contributed by atoms with Crippen LogP contribution in [0.25, 0.3) is 0 Å². The molecular weight excluding hydrogens is 398 g/mol. The molecule has 0 atom stereocenters. The van der Waals surface area contributed by atoms with Crippen molar-refractivity contribution in [3.63, 3.8) is 0 Å². The molecule has 8 nitrogen and oxygen atoms in total. The number of nitrogens with zero attached hydrogens (tertiary/aromatic N) is 2. The van der Waals surface area contributed by atoms with Crippen LogP contribution in [0.4, 0.5) is 0 Å². The maximum Gasteiger partial charge on any atom is 0.339 e. The van der Waals surface area contributed by atoms with Crippen molar-refractivity contribution < 1.29 is 23.9 Å². The summed E-state index contributed by atoms with van der Waals surface area (Å²) in [5.74, 6) is -0.761. The Morgan fingerprint density at radius 3 is 2.45 bits per heavy atom. The number of methoxy groups -OCH3 is 1. The number of aromatic amines is 1. The third kappa shape index (κ3) is 7.18. The lowest BCUT2D eigenvalue weighted by Gasteiger charge is -2.30. The molecule has 2 heterocycles. The van der Waals surface area contributed by atoms with Gasteiger partial charge in [-0.25, -0.2) is 4.79 Å². The number of morpholine rings is 1. The summed E-state index contributed by atoms with van der Waals surface area (Å²) in [5.41, 5.74) is 1.63. The number of esters is 1. The van der Waals surface area contributed by atoms with Crippen molar-refractivity contribution in [1.82, 2.24) is 14.8 Å². The predicted octanol–water partition coefficient (Wildman–Crippen LogP) is 2.60. The molecule has 0 unspecified atom stereocenters. The Hall–Kier alpha value is -2.19. The zero-order valence-corrected chi connectivity index (χ0v) is 19.4. The van der Waals surface area contributed by atoms with Crippen LogP contribution >= 0.6 is 0 Å². The average molecular weight is 436 g/mol. The van der Waals surface area contributed by atoms with Crippen LogP contribution in [0.2, 0.25) is 0 Å². The highest BCUT2D eigenvalue weighted by molar-refractivity contribution is 6.01. The van der Waals surface area contributed by atoms with Gasteiger partial charge in [0.1, 0.15) is 0 Å². The van der Waals surface area contributed by atoms with Crippen molar-refractivity contribution in [1.29, 1.82) is 0 Å². The summed E-state index contributed by atoms with van der Waals surface area (Å²) in [7, 11) is 1.30. The fraction of sp³-hybridized carbons (Fsp3) is 0.696. The fourth-order valence-corrected chi connectivity index (χ4v) is 3.96. The number of unbranched alkanes of at least 4 members (excludes halogenated alkanes) is 3. The topological polar surface area (TPSA) is 91.9 Å². The SMILES string of the molecule is CCCCCCN(CCN1CCOCC1)C(=O)Cc1[nH]c(C(C)=O)c(C)c1C(=O)OC. The van der Waals surface area contributed by atoms with E-state index in [1.165, 1.54) is 14.0 Å². The number of carbonyl (C=O) groups is 3. The molecule has 1 fully saturated rings. The van der Waals surface area contributed by atoms with Crippen LogP contribution < -0.4 is 0 Å². The molecule has 1 aliphatic rings. The molecule has 0 radical (unpaired) electrons. The standard InChI is InChI=1S/C23H37N3O5/c1-5-6-7-8-9-26(11-10-25-12-14-31-15-13-25)20(28)16-19-21(23(29)30-4)17(2)22(24-19)18(3)27/h24H,5-16H2,1-4H3. The van der Waals surface area contributed by atoms with Gasteiger partial charge < -0.3 is 19.4 Å². The fourth-order valence-electron chi connectivity index (χ4n) is 3.96. The Labute approximate surface area is 185 Å². The molecule has 1 saturated heterocycles. The van der Waals surface area contributed by atoms with Crippen molar-refractivity contribution in [2.45, 2.75) is 52.9 Å². The van der Waals surface area contributed by atoms with E-state index < -0.39 is 5.97 Å². The highest BCUT2D eigenvalue weighted by atomic mass is 16.5. The Kier molecular flexibility index (Phi) is 10.2. The van der Waals surface area contributed by atoms with Crippen LogP contribution in [0.5, 0.6) is 0 Å². The van der Waals surface area contributed by atoms with Crippen LogP contribution in [-0.4, -0.2) is 85.5 Å². The Bertz CT molecular complexity index is 753. The third-order valence-corrected chi connectivity index (χ3v) is 5.82. The van der Waals surface area contributed by atoms with Crippen molar-refractivity contribution in [2.24, 2.45) is 0 Å². The average Bonchev–Trinajstić information content (AvgIpc) is 3.09. The first kappa shape index (κ1) is 25.1. The first-order valence-corrected chi connectivity index (χ1v) is 11.3. The number of H-pyrrole nitrogens is 1. The van der Waals surface area contributed by atoms with Crippen LogP contribution in [-0.2, 0) is 20.7 Å². The molecule has 2 rings (SSSR count). The molecule has 0 aromatic carbocycles. The molecule has 1 aromatic rings. The molecule has 0 bridgehead atoms. The number of rotatable bonds is 12. The summed E-state index contributed by atoms with van der Waals surface area (Å²) in [6, 6.07) is 0. The van der Waals surface area contributed by atoms with Gasteiger partial charge in [-0.15, -0.1) is 0 Å². The molecular formula is C23H37N3O5. The van der Waals surface area contributed by atoms with Gasteiger partial charge in [-0.1, -0.05) is 26.2 Å². The minimum atomic E-state index is -0.535. The summed E-state index contributed by atoms with van der Waals surface area (Å²) in [6.07, 6.45) is 4.36. The van der Waals surface area contributed by atoms with E-state index in [2.05, 4.69) is 16.8 Å². The van der Waals surface area contributed by atoms with E-state index in [4.69, 9.17) is 9.47 Å². The summed E-state index contributed by atoms with van der Waals surface area (Å²) in [5, 5.41) is 0. The van der Waals surface area contributed by atoms with Crippen LogP contribution in [0, 0.1) is 6.92 Å². The molecule has 0 spiro atoms. The Morgan fingerprint density at radius 2 is 1.84 bits per heavy atom. The number of hydrogen-bond acceptors (Lipinski definition) is 6. The zero-order chi connectivity index (χ0) is 22.8. The molecule has 0 aliphatic carbocycles. The van der Waals surface area contributed by atoms with Crippen LogP contribution in [0.1, 0.15) is 71.6 Å². The van der Waals surface area contributed by atoms with E-state index in [0.717, 1.165) is 58.5 Å². The largest absolute Gasteiger partial charge is 0.465 e. The maximum atomic E-state index is 13.2. The van der Waals surface area contributed by atoms with Gasteiger partial charge in [-0.05, 0) is 18.9 Å². The number of ether oxygens (including phenoxy) is 2. The van der Waals surface area contributed by atoms with E-state index in [9.17, 15) is 14.4 Å². The monoisotopic (exact) mass is 435 g/mol. The Morgan fingerprint density at radius 1 is 1.13 bits per heavy atom. The highest BCUT2D eigenvalue weighted by Crippen LogP contribution is 2.21. The number of nitrogens with one attached hydrogen (secondary N) is 1. The van der Waals surface area contributed by atoms with E-state index in [0.29, 0.717) is 35.6 Å². The van der Waals surface area contributed by atoms with Crippen LogP contribution in [0.3, 0.4) is 0 Å². The van der Waals surface area contributed by atoms with Gasteiger partial charge in [0.05, 0.1) is 38.0 Å². The van der Waals surface area contributed by atoms with Crippen molar-refractivity contribution in [2.75, 3.05) is 53.0 Å². The predicted molar refractivity (Wildman–Crippen MR) is 119 cm³/mol. The van der Waals surface area contributed by atoms with Gasteiger partial charge in [-0.3, -0.25) is 14.5 Å². The summed E-state index contributed by atoms with van der Waals surface area (Å²) in [4.78, 5) is 44.7. The Balaban J connectivity index is 2.14. The van der Waals surface area contributed by atoms with Gasteiger partial charge in [0.25, 0.3) is 0 Å². The molecule has 1 amide bonds. The molecule has 8 heteroatoms. The van der Waals surface area contributed by atoms with Crippen molar-refractivity contribution in [3.8, 4) is 0 Å². The molecule has 1 N–H and O–H groups in total. The van der Waals surface area contributed by atoms with Gasteiger partial charge in [0.15, 0.2) is 5.78 Å². The van der Waals surface area contributed by atoms with E-state index in [-0.39, 0.29) is 18.1 Å². The maximum absolute atomic E-state index is 13.2. The summed E-state index contributed by atoms with van der Waals surface area (Å²) < 4.78 is 10.3. The molecule has 1 aliphatic heterocycles. The molecule has 1 aromatic heterocycles. The van der Waals surface area contributed by atoms with Gasteiger partial charge in [0.2, 0.25) is 5.91 Å². The number of aromatic nitrogens is 1. The second-order valence-electron chi connectivity index (χ2n) is 8.10. The highest BCUT2D eigenvalue weighted by Gasteiger charge is 2.26. The quantitative estimate of drug-likeness (QED) is 0.308. The second kappa shape index (κ2) is 12.6. The van der Waals surface area contributed by atoms with Gasteiger partial charge in [-0.2, -0.15) is 0 Å². The number of amides is 1. The summed E-state index contributed by atoms with van der Waals surface area (Å²) >= 11 is 0. The van der Waals surface area contributed by atoms with Crippen molar-refractivity contribution in [3.05, 3.63) is 22.5 Å². The van der Waals surface area contributed by atoms with E-state index >= 15 is 0 Å². The number of Topliss-reactive ketones (excluding diaryl/α,β-unsaturated/α-hetero) is 1. The van der Waals surface area contributed by atoms with E-state index in [1.54, 1.807) is 6.92 Å². The van der Waals surface area contributed by atoms with Crippen LogP contribution in [0.15, 0.2) is 0 Å². The van der Waals surface area contributed by atoms with Gasteiger partial charge in [0, 0.05) is 45.3 Å². The van der Waals surface area contributed by atoms with Gasteiger partial charge >= 0.3 is 5.97 Å². The number of ketones is 1. The van der Waals surface area contributed by atoms with E-state index in [1.807, 2.05) is 4.90 Å². The minimum Gasteiger partial charge on any atom is -0.465 e. The van der Waals surface area contributed by atoms with Crippen molar-refractivity contribution >= 4 is 17.7 Å². The summed E-state index contributed by atoms with van der Waals surface area (Å²) in [6.45, 7) is 10.6. The smallest absolute Gasteiger partial charge is 0.339 e. The first-order valence-electron chi connectivity index (χ1n) is 11.3. The zero-order valence-electron chi connectivity index (χ0n) is 19.4. The number of hydrogen-bond donors (Lipinski definition) is 1. The lowest BCUT2D eigenvalue weighted by Crippen LogP contribution is -2.43. The molecule has 31 heavy (non-hydrogen) atoms. The minimum absolute atomic E-state index is 0.0371. The number of carbonyl (C=O) groups excluding carboxylic acids is 3. The lowest BCUT2D eigenvalue weighted by atomic mass is 10.1. The molecule has 0 saturated carbocycles. The third-order valence-electron chi connectivity index (χ3n) is 5.82. The first-order chi connectivity index (χ1) is 14.9.